The molecule has 4 nitrogen and oxygen atoms in total. The molecule has 0 bridgehead atoms. The van der Waals surface area contributed by atoms with Gasteiger partial charge in [-0.15, -0.1) is 0 Å². The molecule has 0 radical (unpaired) electrons. The van der Waals surface area contributed by atoms with Crippen LogP contribution in [-0.2, 0) is 16.8 Å². The van der Waals surface area contributed by atoms with Crippen LogP contribution in [0.1, 0.15) is 43.7 Å². The predicted octanol–water partition coefficient (Wildman–Crippen LogP) is 4.28. The smallest absolute Gasteiger partial charge is 0.207 e. The third-order valence-electron chi connectivity index (χ3n) is 6.04. The van der Waals surface area contributed by atoms with Gasteiger partial charge in [-0.25, -0.2) is 0 Å². The van der Waals surface area contributed by atoms with E-state index in [2.05, 4.69) is 41.8 Å². The largest absolute Gasteiger partial charge is 0.385 e. The Morgan fingerprint density at radius 1 is 1.31 bits per heavy atom. The lowest BCUT2D eigenvalue weighted by molar-refractivity contribution is -0.109. The molecular weight excluding hydrogens is 384 g/mol. The van der Waals surface area contributed by atoms with Crippen LogP contribution in [-0.4, -0.2) is 31.2 Å². The van der Waals surface area contributed by atoms with Crippen LogP contribution in [0.4, 0.5) is 0 Å². The molecule has 1 heterocycles. The monoisotopic (exact) mass is 414 g/mol. The fourth-order valence-electron chi connectivity index (χ4n) is 4.46. The summed E-state index contributed by atoms with van der Waals surface area (Å²) in [6.45, 7) is 4.45. The van der Waals surface area contributed by atoms with Crippen molar-refractivity contribution in [3.05, 3.63) is 58.6 Å². The zero-order chi connectivity index (χ0) is 20.7. The lowest BCUT2D eigenvalue weighted by atomic mass is 9.72. The number of rotatable bonds is 9. The van der Waals surface area contributed by atoms with Crippen LogP contribution in [0.5, 0.6) is 0 Å². The third-order valence-corrected chi connectivity index (χ3v) is 6.35. The molecule has 3 N–H and O–H groups in total. The van der Waals surface area contributed by atoms with Crippen LogP contribution in [0.2, 0.25) is 5.02 Å². The van der Waals surface area contributed by atoms with Gasteiger partial charge >= 0.3 is 0 Å². The number of carbonyl (C=O) groups excluding carboxylic acids is 1. The number of aliphatic hydroxyl groups is 1. The number of hydrogen-bond donors (Lipinski definition) is 3. The van der Waals surface area contributed by atoms with E-state index < -0.39 is 5.60 Å². The molecule has 2 unspecified atom stereocenters. The molecule has 1 fully saturated rings. The fraction of sp³-hybridized carbons (Fsp3) is 0.458. The molecule has 2 atom stereocenters. The summed E-state index contributed by atoms with van der Waals surface area (Å²) < 4.78 is 0. The van der Waals surface area contributed by atoms with Gasteiger partial charge in [-0.05, 0) is 61.4 Å². The number of aryl methyl sites for hydroxylation is 1. The zero-order valence-corrected chi connectivity index (χ0v) is 17.8. The second-order valence-electron chi connectivity index (χ2n) is 7.86. The van der Waals surface area contributed by atoms with Gasteiger partial charge in [0, 0.05) is 29.6 Å². The maximum atomic E-state index is 12.1. The van der Waals surface area contributed by atoms with Crippen molar-refractivity contribution in [1.29, 1.82) is 0 Å². The van der Waals surface area contributed by atoms with Crippen molar-refractivity contribution in [3.63, 3.8) is 0 Å². The summed E-state index contributed by atoms with van der Waals surface area (Å²) in [4.78, 5) is 10.6. The number of carbonyl (C=O) groups is 1. The lowest BCUT2D eigenvalue weighted by Gasteiger charge is -2.40. The van der Waals surface area contributed by atoms with E-state index in [1.165, 1.54) is 5.56 Å². The fourth-order valence-corrected chi connectivity index (χ4v) is 4.75. The maximum absolute atomic E-state index is 12.1. The maximum Gasteiger partial charge on any atom is 0.207 e. The van der Waals surface area contributed by atoms with Crippen LogP contribution in [0.3, 0.4) is 0 Å². The molecular formula is C24H31ClN2O2. The van der Waals surface area contributed by atoms with E-state index in [0.29, 0.717) is 30.8 Å². The van der Waals surface area contributed by atoms with Gasteiger partial charge in [0.05, 0.1) is 5.60 Å². The minimum absolute atomic E-state index is 0.0963. The normalized spacial score (nSPS) is 18.8. The summed E-state index contributed by atoms with van der Waals surface area (Å²) in [5.41, 5.74) is 3.07. The second-order valence-corrected chi connectivity index (χ2v) is 8.27. The number of nitrogens with one attached hydrogen (secondary N) is 2. The number of piperidine rings is 1. The Bertz CT molecular complexity index is 820. The first kappa shape index (κ1) is 21.8. The summed E-state index contributed by atoms with van der Waals surface area (Å²) in [7, 11) is 0. The highest BCUT2D eigenvalue weighted by Crippen LogP contribution is 2.44. The van der Waals surface area contributed by atoms with E-state index in [4.69, 9.17) is 11.6 Å². The Hall–Kier alpha value is -1.88. The summed E-state index contributed by atoms with van der Waals surface area (Å²) in [6, 6.07) is 14.2. The molecule has 1 aliphatic heterocycles. The lowest BCUT2D eigenvalue weighted by Crippen LogP contribution is -2.45. The highest BCUT2D eigenvalue weighted by Gasteiger charge is 2.40. The van der Waals surface area contributed by atoms with Crippen LogP contribution in [0.15, 0.2) is 42.5 Å². The molecule has 5 heteroatoms. The molecule has 0 aliphatic carbocycles. The Labute approximate surface area is 178 Å². The summed E-state index contributed by atoms with van der Waals surface area (Å²) in [6.07, 6.45) is 4.93. The highest BCUT2D eigenvalue weighted by atomic mass is 35.5. The molecule has 1 amide bonds. The first-order valence-electron chi connectivity index (χ1n) is 10.6. The SMILES string of the molecule is CCc1cccc(-c2c(Cl)cccc2C(O)(CCCNC=O)C2CCCNC2)c1. The minimum Gasteiger partial charge on any atom is -0.385 e. The van der Waals surface area contributed by atoms with E-state index in [9.17, 15) is 9.90 Å². The molecule has 0 aromatic heterocycles. The Kier molecular flexibility index (Phi) is 7.70. The van der Waals surface area contributed by atoms with E-state index in [-0.39, 0.29) is 5.92 Å². The third kappa shape index (κ3) is 5.00. The van der Waals surface area contributed by atoms with Gasteiger partial charge < -0.3 is 15.7 Å². The molecule has 0 saturated carbocycles. The topological polar surface area (TPSA) is 61.4 Å². The van der Waals surface area contributed by atoms with Gasteiger partial charge in [-0.2, -0.15) is 0 Å². The average molecular weight is 415 g/mol. The van der Waals surface area contributed by atoms with E-state index in [1.54, 1.807) is 0 Å². The molecule has 1 saturated heterocycles. The van der Waals surface area contributed by atoms with Crippen molar-refractivity contribution in [2.75, 3.05) is 19.6 Å². The minimum atomic E-state index is -1.01. The predicted molar refractivity (Wildman–Crippen MR) is 119 cm³/mol. The van der Waals surface area contributed by atoms with Gasteiger partial charge in [0.15, 0.2) is 0 Å². The molecule has 2 aromatic carbocycles. The van der Waals surface area contributed by atoms with Crippen molar-refractivity contribution in [2.24, 2.45) is 5.92 Å². The Balaban J connectivity index is 2.07. The Morgan fingerprint density at radius 2 is 2.14 bits per heavy atom. The quantitative estimate of drug-likeness (QED) is 0.424. The van der Waals surface area contributed by atoms with Gasteiger partial charge in [0.1, 0.15) is 0 Å². The number of halogens is 1. The summed E-state index contributed by atoms with van der Waals surface area (Å²) in [5.74, 6) is 0.0963. The average Bonchev–Trinajstić information content (AvgIpc) is 2.77. The van der Waals surface area contributed by atoms with Gasteiger partial charge in [-0.1, -0.05) is 54.9 Å². The van der Waals surface area contributed by atoms with E-state index in [0.717, 1.165) is 49.0 Å². The van der Waals surface area contributed by atoms with Crippen LogP contribution >= 0.6 is 11.6 Å². The molecule has 29 heavy (non-hydrogen) atoms. The molecule has 2 aromatic rings. The van der Waals surface area contributed by atoms with Crippen molar-refractivity contribution in [1.82, 2.24) is 10.6 Å². The Morgan fingerprint density at radius 3 is 2.86 bits per heavy atom. The summed E-state index contributed by atoms with van der Waals surface area (Å²) in [5, 5.41) is 18.9. The van der Waals surface area contributed by atoms with Crippen LogP contribution < -0.4 is 10.6 Å². The molecule has 156 valence electrons. The van der Waals surface area contributed by atoms with Crippen LogP contribution in [0, 0.1) is 5.92 Å². The number of hydrogen-bond acceptors (Lipinski definition) is 3. The van der Waals surface area contributed by atoms with Gasteiger partial charge in [0.25, 0.3) is 0 Å². The first-order valence-corrected chi connectivity index (χ1v) is 11.0. The zero-order valence-electron chi connectivity index (χ0n) is 17.1. The highest BCUT2D eigenvalue weighted by molar-refractivity contribution is 6.33. The molecule has 3 rings (SSSR count). The van der Waals surface area contributed by atoms with Crippen molar-refractivity contribution < 1.29 is 9.90 Å². The van der Waals surface area contributed by atoms with E-state index >= 15 is 0 Å². The molecule has 1 aliphatic rings. The van der Waals surface area contributed by atoms with Crippen molar-refractivity contribution >= 4 is 18.0 Å². The first-order chi connectivity index (χ1) is 14.1. The standard InChI is InChI=1S/C24H31ClN2O2/c1-2-18-7-3-8-19(15-18)23-21(10-4-11-22(23)25)24(29,12-6-14-27-17-28)20-9-5-13-26-16-20/h3-4,7-8,10-11,15,17,20,26,29H,2,5-6,9,12-14,16H2,1H3,(H,27,28). The van der Waals surface area contributed by atoms with Crippen molar-refractivity contribution in [3.8, 4) is 11.1 Å². The van der Waals surface area contributed by atoms with Crippen molar-refractivity contribution in [2.45, 2.75) is 44.6 Å². The second kappa shape index (κ2) is 10.2. The summed E-state index contributed by atoms with van der Waals surface area (Å²) >= 11 is 6.70. The number of amides is 1. The molecule has 0 spiro atoms. The van der Waals surface area contributed by atoms with Gasteiger partial charge in [-0.3, -0.25) is 4.79 Å². The van der Waals surface area contributed by atoms with Gasteiger partial charge in [0.2, 0.25) is 6.41 Å². The number of benzene rings is 2. The van der Waals surface area contributed by atoms with Crippen LogP contribution in [0.25, 0.3) is 11.1 Å². The van der Waals surface area contributed by atoms with E-state index in [1.807, 2.05) is 18.2 Å².